The van der Waals surface area contributed by atoms with Crippen LogP contribution in [0.25, 0.3) is 0 Å². The van der Waals surface area contributed by atoms with Crippen molar-refractivity contribution in [3.63, 3.8) is 0 Å². The molecule has 0 aliphatic carbocycles. The van der Waals surface area contributed by atoms with E-state index in [1.54, 1.807) is 6.92 Å². The molecule has 0 spiro atoms. The summed E-state index contributed by atoms with van der Waals surface area (Å²) in [6, 6.07) is 4.03. The fourth-order valence-corrected chi connectivity index (χ4v) is 2.47. The number of hydrogen-bond acceptors (Lipinski definition) is 2. The van der Waals surface area contributed by atoms with Gasteiger partial charge in [0.1, 0.15) is 0 Å². The summed E-state index contributed by atoms with van der Waals surface area (Å²) in [4.78, 5) is 11.4. The van der Waals surface area contributed by atoms with Gasteiger partial charge in [0.25, 0.3) is 0 Å². The summed E-state index contributed by atoms with van der Waals surface area (Å²) in [5.74, 6) is 0.146. The van der Waals surface area contributed by atoms with Gasteiger partial charge in [0.2, 0.25) is 0 Å². The molecule has 0 heterocycles. The average Bonchev–Trinajstić information content (AvgIpc) is 2.26. The van der Waals surface area contributed by atoms with E-state index in [1.807, 2.05) is 12.1 Å². The number of benzene rings is 1. The van der Waals surface area contributed by atoms with E-state index < -0.39 is 0 Å². The normalized spacial score (nSPS) is 12.5. The van der Waals surface area contributed by atoms with Gasteiger partial charge in [-0.1, -0.05) is 22.6 Å². The number of hydrogen-bond donors (Lipinski definition) is 1. The number of ketones is 1. The van der Waals surface area contributed by atoms with E-state index >= 15 is 0 Å². The Morgan fingerprint density at radius 1 is 1.33 bits per heavy atom. The maximum Gasteiger partial charge on any atom is 0.159 e. The van der Waals surface area contributed by atoms with Crippen LogP contribution in [0.4, 0.5) is 0 Å². The van der Waals surface area contributed by atoms with Crippen molar-refractivity contribution >= 4 is 28.4 Å². The molecule has 0 saturated carbocycles. The van der Waals surface area contributed by atoms with E-state index in [4.69, 9.17) is 0 Å². The number of alkyl halides is 1. The predicted molar refractivity (Wildman–Crippen MR) is 85.7 cm³/mol. The second kappa shape index (κ2) is 7.24. The highest BCUT2D eigenvalue weighted by atomic mass is 127. The summed E-state index contributed by atoms with van der Waals surface area (Å²) >= 11 is 2.37. The van der Waals surface area contributed by atoms with Gasteiger partial charge in [0, 0.05) is 5.56 Å². The molecule has 18 heavy (non-hydrogen) atoms. The fourth-order valence-electron chi connectivity index (χ4n) is 2.16. The van der Waals surface area contributed by atoms with Gasteiger partial charge in [-0.15, -0.1) is 0 Å². The Morgan fingerprint density at radius 2 is 1.89 bits per heavy atom. The number of Topliss-reactive ketones (excluding diaryl/α,β-unsaturated/α-hetero) is 1. The van der Waals surface area contributed by atoms with Gasteiger partial charge in [-0.05, 0) is 75.9 Å². The Labute approximate surface area is 124 Å². The van der Waals surface area contributed by atoms with Gasteiger partial charge in [-0.2, -0.15) is 0 Å². The number of carbonyl (C=O) groups excluding carboxylic acids is 1. The maximum absolute atomic E-state index is 11.4. The molecule has 1 aromatic carbocycles. The first-order valence-corrected chi connectivity index (χ1v) is 7.65. The second-order valence-corrected chi connectivity index (χ2v) is 6.69. The molecular weight excluding hydrogens is 337 g/mol. The molecule has 0 aromatic heterocycles. The van der Waals surface area contributed by atoms with Crippen LogP contribution in [0.1, 0.15) is 47.3 Å². The minimum absolute atomic E-state index is 0.146. The third-order valence-electron chi connectivity index (χ3n) is 3.13. The minimum Gasteiger partial charge on any atom is -0.306 e. The van der Waals surface area contributed by atoms with Crippen molar-refractivity contribution in [3.8, 4) is 0 Å². The number of carbonyl (C=O) groups is 1. The van der Waals surface area contributed by atoms with E-state index in [0.717, 1.165) is 24.9 Å². The summed E-state index contributed by atoms with van der Waals surface area (Å²) in [5.41, 5.74) is 4.70. The summed E-state index contributed by atoms with van der Waals surface area (Å²) in [6.45, 7) is 9.02. The lowest BCUT2D eigenvalue weighted by atomic mass is 9.95. The molecule has 0 saturated heterocycles. The minimum atomic E-state index is 0.146. The molecule has 1 atom stereocenters. The van der Waals surface area contributed by atoms with Crippen molar-refractivity contribution in [3.05, 3.63) is 34.4 Å². The average molecular weight is 359 g/mol. The molecule has 0 aliphatic rings. The molecular formula is C15H22INO. The Bertz CT molecular complexity index is 403. The van der Waals surface area contributed by atoms with Gasteiger partial charge in [0.05, 0.1) is 4.05 Å². The summed E-state index contributed by atoms with van der Waals surface area (Å²) < 4.78 is 0.518. The van der Waals surface area contributed by atoms with Crippen molar-refractivity contribution in [2.75, 3.05) is 6.54 Å². The quantitative estimate of drug-likeness (QED) is 0.275. The lowest BCUT2D eigenvalue weighted by molar-refractivity contribution is 0.101. The highest BCUT2D eigenvalue weighted by Crippen LogP contribution is 2.18. The van der Waals surface area contributed by atoms with Crippen LogP contribution >= 0.6 is 22.6 Å². The monoisotopic (exact) mass is 359 g/mol. The van der Waals surface area contributed by atoms with Gasteiger partial charge in [0.15, 0.2) is 5.78 Å². The molecule has 1 rings (SSSR count). The molecule has 100 valence electrons. The van der Waals surface area contributed by atoms with Gasteiger partial charge in [-0.25, -0.2) is 0 Å². The Hall–Kier alpha value is -0.420. The van der Waals surface area contributed by atoms with Crippen LogP contribution in [0.3, 0.4) is 0 Å². The first-order valence-electron chi connectivity index (χ1n) is 6.40. The number of aryl methyl sites for hydroxylation is 2. The van der Waals surface area contributed by atoms with Crippen LogP contribution in [-0.2, 0) is 6.42 Å². The topological polar surface area (TPSA) is 29.1 Å². The van der Waals surface area contributed by atoms with E-state index in [2.05, 4.69) is 48.7 Å². The van der Waals surface area contributed by atoms with Crippen LogP contribution in [0.2, 0.25) is 0 Å². The summed E-state index contributed by atoms with van der Waals surface area (Å²) in [6.07, 6.45) is 2.21. The third kappa shape index (κ3) is 4.69. The summed E-state index contributed by atoms with van der Waals surface area (Å²) in [5, 5.41) is 3.42. The number of rotatable bonds is 6. The van der Waals surface area contributed by atoms with Gasteiger partial charge >= 0.3 is 0 Å². The molecule has 0 amide bonds. The zero-order valence-corrected chi connectivity index (χ0v) is 13.8. The number of nitrogens with one attached hydrogen (secondary N) is 1. The van der Waals surface area contributed by atoms with Crippen molar-refractivity contribution in [2.24, 2.45) is 0 Å². The highest BCUT2D eigenvalue weighted by molar-refractivity contribution is 14.1. The molecule has 3 heteroatoms. The van der Waals surface area contributed by atoms with Crippen molar-refractivity contribution in [1.82, 2.24) is 5.32 Å². The third-order valence-corrected chi connectivity index (χ3v) is 3.57. The zero-order chi connectivity index (χ0) is 13.7. The van der Waals surface area contributed by atoms with Gasteiger partial charge < -0.3 is 5.32 Å². The largest absolute Gasteiger partial charge is 0.306 e. The molecule has 2 nitrogen and oxygen atoms in total. The van der Waals surface area contributed by atoms with E-state index in [9.17, 15) is 4.79 Å². The van der Waals surface area contributed by atoms with Crippen LogP contribution in [-0.4, -0.2) is 16.4 Å². The Balaban J connectivity index is 2.69. The zero-order valence-electron chi connectivity index (χ0n) is 11.6. The first kappa shape index (κ1) is 15.6. The summed E-state index contributed by atoms with van der Waals surface area (Å²) in [7, 11) is 0. The fraction of sp³-hybridized carbons (Fsp3) is 0.533. The highest BCUT2D eigenvalue weighted by Gasteiger charge is 2.07. The van der Waals surface area contributed by atoms with E-state index in [-0.39, 0.29) is 5.78 Å². The number of halogens is 1. The first-order chi connectivity index (χ1) is 8.41. The molecule has 1 aromatic rings. The molecule has 0 fully saturated rings. The molecule has 1 N–H and O–H groups in total. The SMILES string of the molecule is CC(=O)c1cc(C)c(CCCN[C@@H](C)I)c(C)c1. The van der Waals surface area contributed by atoms with Crippen LogP contribution in [0.5, 0.6) is 0 Å². The van der Waals surface area contributed by atoms with Crippen molar-refractivity contribution in [1.29, 1.82) is 0 Å². The van der Waals surface area contributed by atoms with Crippen molar-refractivity contribution in [2.45, 2.75) is 44.6 Å². The van der Waals surface area contributed by atoms with E-state index in [1.165, 1.54) is 16.7 Å². The maximum atomic E-state index is 11.4. The Kier molecular flexibility index (Phi) is 6.29. The van der Waals surface area contributed by atoms with Crippen LogP contribution in [0.15, 0.2) is 12.1 Å². The second-order valence-electron chi connectivity index (χ2n) is 4.82. The van der Waals surface area contributed by atoms with E-state index in [0.29, 0.717) is 4.05 Å². The predicted octanol–water partition coefficient (Wildman–Crippen LogP) is 3.81. The van der Waals surface area contributed by atoms with Crippen molar-refractivity contribution < 1.29 is 4.79 Å². The molecule has 0 bridgehead atoms. The smallest absolute Gasteiger partial charge is 0.159 e. The molecule has 0 aliphatic heterocycles. The molecule has 0 radical (unpaired) electrons. The Morgan fingerprint density at radius 3 is 2.33 bits per heavy atom. The van der Waals surface area contributed by atoms with Gasteiger partial charge in [-0.3, -0.25) is 4.79 Å². The van der Waals surface area contributed by atoms with Crippen LogP contribution < -0.4 is 5.32 Å². The van der Waals surface area contributed by atoms with Crippen LogP contribution in [0, 0.1) is 13.8 Å². The lowest BCUT2D eigenvalue weighted by Crippen LogP contribution is -2.21. The lowest BCUT2D eigenvalue weighted by Gasteiger charge is -2.12. The standard InChI is InChI=1S/C15H22INO/c1-10-8-14(12(3)18)9-11(2)15(10)6-5-7-17-13(4)16/h8-9,13,17H,5-7H2,1-4H3/t13-/m0/s1. The molecule has 0 unspecified atom stereocenters.